The molecule has 5 nitrogen and oxygen atoms in total. The van der Waals surface area contributed by atoms with E-state index in [1.54, 1.807) is 33.8 Å². The van der Waals surface area contributed by atoms with Crippen molar-refractivity contribution >= 4 is 5.91 Å². The molecule has 19 heavy (non-hydrogen) atoms. The highest BCUT2D eigenvalue weighted by molar-refractivity contribution is 5.91. The van der Waals surface area contributed by atoms with Gasteiger partial charge >= 0.3 is 5.91 Å². The molecule has 0 aromatic carbocycles. The molecular weight excluding hydrogens is 247 g/mol. The van der Waals surface area contributed by atoms with E-state index in [0.717, 1.165) is 5.56 Å². The van der Waals surface area contributed by atoms with Crippen LogP contribution in [0.25, 0.3) is 0 Å². The largest absolute Gasteiger partial charge is 0.328 e. The van der Waals surface area contributed by atoms with Crippen molar-refractivity contribution in [3.63, 3.8) is 0 Å². The molecular formula is C13H13FN4O. The van der Waals surface area contributed by atoms with Crippen molar-refractivity contribution in [2.75, 3.05) is 0 Å². The van der Waals surface area contributed by atoms with Crippen molar-refractivity contribution in [3.8, 4) is 0 Å². The van der Waals surface area contributed by atoms with E-state index < -0.39 is 11.7 Å². The first-order valence-corrected chi connectivity index (χ1v) is 5.63. The van der Waals surface area contributed by atoms with Crippen LogP contribution in [0.15, 0.2) is 54.2 Å². The van der Waals surface area contributed by atoms with E-state index in [-0.39, 0.29) is 0 Å². The predicted octanol–water partition coefficient (Wildman–Crippen LogP) is 1.18. The Labute approximate surface area is 109 Å². The molecule has 98 valence electrons. The number of halogens is 1. The van der Waals surface area contributed by atoms with Crippen LogP contribution in [0.3, 0.4) is 0 Å². The van der Waals surface area contributed by atoms with E-state index in [0.29, 0.717) is 12.0 Å². The molecule has 0 saturated heterocycles. The van der Waals surface area contributed by atoms with E-state index in [4.69, 9.17) is 0 Å². The van der Waals surface area contributed by atoms with Gasteiger partial charge in [0.25, 0.3) is 0 Å². The molecule has 2 aromatic heterocycles. The second-order valence-electron chi connectivity index (χ2n) is 4.03. The smallest absolute Gasteiger partial charge is 0.307 e. The van der Waals surface area contributed by atoms with Gasteiger partial charge in [-0.3, -0.25) is 9.48 Å². The SMILES string of the molecule is C=C(F)C(=O)/N=c1\ccccn1Cc1cnn(C)c1. The quantitative estimate of drug-likeness (QED) is 0.778. The summed E-state index contributed by atoms with van der Waals surface area (Å²) in [6, 6.07) is 5.17. The van der Waals surface area contributed by atoms with Crippen molar-refractivity contribution in [2.24, 2.45) is 12.0 Å². The number of hydrogen-bond acceptors (Lipinski definition) is 2. The zero-order valence-electron chi connectivity index (χ0n) is 10.5. The Morgan fingerprint density at radius 2 is 2.32 bits per heavy atom. The van der Waals surface area contributed by atoms with E-state index >= 15 is 0 Å². The third kappa shape index (κ3) is 3.25. The van der Waals surface area contributed by atoms with E-state index in [2.05, 4.69) is 16.7 Å². The van der Waals surface area contributed by atoms with Gasteiger partial charge in [-0.25, -0.2) is 4.39 Å². The summed E-state index contributed by atoms with van der Waals surface area (Å²) in [5.74, 6) is -2.04. The molecule has 0 aliphatic heterocycles. The standard InChI is InChI=1S/C13H13FN4O/c1-10(14)13(19)16-12-5-3-4-6-18(12)9-11-7-15-17(2)8-11/h3-8H,1,9H2,2H3/b16-12+. The highest BCUT2D eigenvalue weighted by atomic mass is 19.1. The van der Waals surface area contributed by atoms with Crippen LogP contribution < -0.4 is 5.49 Å². The van der Waals surface area contributed by atoms with Gasteiger partial charge in [-0.15, -0.1) is 0 Å². The highest BCUT2D eigenvalue weighted by Crippen LogP contribution is 1.99. The lowest BCUT2D eigenvalue weighted by Gasteiger charge is -2.04. The fraction of sp³-hybridized carbons (Fsp3) is 0.154. The van der Waals surface area contributed by atoms with Crippen LogP contribution in [0, 0.1) is 0 Å². The zero-order valence-corrected chi connectivity index (χ0v) is 10.5. The van der Waals surface area contributed by atoms with Crippen LogP contribution in [-0.2, 0) is 18.4 Å². The number of rotatable bonds is 3. The molecule has 0 bridgehead atoms. The van der Waals surface area contributed by atoms with Gasteiger partial charge in [-0.1, -0.05) is 12.6 Å². The summed E-state index contributed by atoms with van der Waals surface area (Å²) in [6.07, 6.45) is 5.35. The molecule has 0 spiro atoms. The average Bonchev–Trinajstić information content (AvgIpc) is 2.77. The predicted molar refractivity (Wildman–Crippen MR) is 67.6 cm³/mol. The third-order valence-electron chi connectivity index (χ3n) is 2.48. The van der Waals surface area contributed by atoms with Crippen molar-refractivity contribution in [1.82, 2.24) is 14.3 Å². The Balaban J connectivity index is 2.36. The molecule has 2 heterocycles. The number of hydrogen-bond donors (Lipinski definition) is 0. The van der Waals surface area contributed by atoms with Crippen LogP contribution >= 0.6 is 0 Å². The molecule has 6 heteroatoms. The van der Waals surface area contributed by atoms with Gasteiger partial charge in [0.1, 0.15) is 5.49 Å². The summed E-state index contributed by atoms with van der Waals surface area (Å²) in [5.41, 5.74) is 1.33. The topological polar surface area (TPSA) is 52.2 Å². The molecule has 0 N–H and O–H groups in total. The van der Waals surface area contributed by atoms with Gasteiger partial charge in [0.15, 0.2) is 5.83 Å². The number of nitrogens with zero attached hydrogens (tertiary/aromatic N) is 4. The summed E-state index contributed by atoms with van der Waals surface area (Å²) in [6.45, 7) is 3.44. The van der Waals surface area contributed by atoms with E-state index in [1.165, 1.54) is 0 Å². The Hall–Kier alpha value is -2.50. The lowest BCUT2D eigenvalue weighted by molar-refractivity contribution is -0.116. The lowest BCUT2D eigenvalue weighted by Crippen LogP contribution is -2.22. The maximum Gasteiger partial charge on any atom is 0.307 e. The molecule has 0 saturated carbocycles. The second-order valence-corrected chi connectivity index (χ2v) is 4.03. The van der Waals surface area contributed by atoms with Crippen molar-refractivity contribution in [1.29, 1.82) is 0 Å². The first-order valence-electron chi connectivity index (χ1n) is 5.63. The molecule has 0 aliphatic carbocycles. The summed E-state index contributed by atoms with van der Waals surface area (Å²) in [5, 5.41) is 4.06. The van der Waals surface area contributed by atoms with Crippen molar-refractivity contribution in [2.45, 2.75) is 6.54 Å². The van der Waals surface area contributed by atoms with Gasteiger partial charge in [0, 0.05) is 25.0 Å². The second kappa shape index (κ2) is 5.43. The van der Waals surface area contributed by atoms with Gasteiger partial charge in [-0.05, 0) is 12.1 Å². The number of aromatic nitrogens is 3. The van der Waals surface area contributed by atoms with Gasteiger partial charge in [-0.2, -0.15) is 10.1 Å². The van der Waals surface area contributed by atoms with E-state index in [1.807, 2.05) is 19.3 Å². The number of pyridine rings is 1. The summed E-state index contributed by atoms with van der Waals surface area (Å²) in [4.78, 5) is 14.9. The Kier molecular flexibility index (Phi) is 3.70. The average molecular weight is 260 g/mol. The monoisotopic (exact) mass is 260 g/mol. The van der Waals surface area contributed by atoms with Gasteiger partial charge in [0.2, 0.25) is 0 Å². The van der Waals surface area contributed by atoms with Crippen LogP contribution in [0.5, 0.6) is 0 Å². The Bertz CT molecular complexity index is 684. The first-order chi connectivity index (χ1) is 9.06. The maximum absolute atomic E-state index is 12.7. The minimum Gasteiger partial charge on any atom is -0.328 e. The molecule has 0 radical (unpaired) electrons. The van der Waals surface area contributed by atoms with E-state index in [9.17, 15) is 9.18 Å². The lowest BCUT2D eigenvalue weighted by atomic mass is 10.3. The number of aryl methyl sites for hydroxylation is 1. The van der Waals surface area contributed by atoms with Crippen LogP contribution in [0.2, 0.25) is 0 Å². The molecule has 0 atom stereocenters. The minimum absolute atomic E-state index is 0.371. The summed E-state index contributed by atoms with van der Waals surface area (Å²) < 4.78 is 16.1. The van der Waals surface area contributed by atoms with Crippen molar-refractivity contribution < 1.29 is 9.18 Å². The Morgan fingerprint density at radius 3 is 2.95 bits per heavy atom. The molecule has 2 aromatic rings. The fourth-order valence-corrected chi connectivity index (χ4v) is 1.62. The normalized spacial score (nSPS) is 11.6. The molecule has 0 unspecified atom stereocenters. The van der Waals surface area contributed by atoms with Crippen LogP contribution in [-0.4, -0.2) is 20.3 Å². The first kappa shape index (κ1) is 12.9. The molecule has 2 rings (SSSR count). The van der Waals surface area contributed by atoms with Crippen LogP contribution in [0.4, 0.5) is 4.39 Å². The maximum atomic E-state index is 12.7. The zero-order chi connectivity index (χ0) is 13.8. The van der Waals surface area contributed by atoms with Gasteiger partial charge in [0.05, 0.1) is 12.7 Å². The third-order valence-corrected chi connectivity index (χ3v) is 2.48. The fourth-order valence-electron chi connectivity index (χ4n) is 1.62. The number of amides is 1. The molecule has 0 aliphatic rings. The minimum atomic E-state index is -1.07. The molecule has 1 amide bonds. The van der Waals surface area contributed by atoms with Crippen LogP contribution in [0.1, 0.15) is 5.56 Å². The summed E-state index contributed by atoms with van der Waals surface area (Å²) >= 11 is 0. The molecule has 0 fully saturated rings. The van der Waals surface area contributed by atoms with Crippen molar-refractivity contribution in [3.05, 3.63) is 60.2 Å². The van der Waals surface area contributed by atoms with Gasteiger partial charge < -0.3 is 4.57 Å². The highest BCUT2D eigenvalue weighted by Gasteiger charge is 2.04. The summed E-state index contributed by atoms with van der Waals surface area (Å²) in [7, 11) is 1.82. The number of carbonyl (C=O) groups is 1. The Morgan fingerprint density at radius 1 is 1.53 bits per heavy atom. The number of carbonyl (C=O) groups excluding carboxylic acids is 1.